The average Bonchev–Trinajstić information content (AvgIpc) is 2.45. The lowest BCUT2D eigenvalue weighted by atomic mass is 10.0. The highest BCUT2D eigenvalue weighted by molar-refractivity contribution is 9.10. The highest BCUT2D eigenvalue weighted by atomic mass is 79.9. The largest absolute Gasteiger partial charge is 0.323 e. The van der Waals surface area contributed by atoms with Gasteiger partial charge in [0.25, 0.3) is 0 Å². The van der Waals surface area contributed by atoms with Crippen LogP contribution in [0.15, 0.2) is 10.7 Å². The normalized spacial score (nSPS) is 13.6. The van der Waals surface area contributed by atoms with Gasteiger partial charge < -0.3 is 5.73 Å². The second-order valence-electron chi connectivity index (χ2n) is 3.93. The van der Waals surface area contributed by atoms with Gasteiger partial charge in [-0.2, -0.15) is 5.10 Å². The van der Waals surface area contributed by atoms with Crippen molar-refractivity contribution in [2.75, 3.05) is 0 Å². The van der Waals surface area contributed by atoms with E-state index in [1.807, 2.05) is 10.9 Å². The Kier molecular flexibility index (Phi) is 4.13. The topological polar surface area (TPSA) is 43.8 Å². The Morgan fingerprint density at radius 1 is 1.57 bits per heavy atom. The molecule has 1 atom stereocenters. The highest BCUT2D eigenvalue weighted by Crippen LogP contribution is 2.25. The van der Waals surface area contributed by atoms with Gasteiger partial charge in [0.1, 0.15) is 0 Å². The fourth-order valence-electron chi connectivity index (χ4n) is 1.61. The quantitative estimate of drug-likeness (QED) is 0.904. The molecule has 80 valence electrons. The van der Waals surface area contributed by atoms with Crippen LogP contribution >= 0.6 is 15.9 Å². The molecule has 0 saturated heterocycles. The maximum Gasteiger partial charge on any atom is 0.0693 e. The monoisotopic (exact) mass is 259 g/mol. The smallest absolute Gasteiger partial charge is 0.0693 e. The van der Waals surface area contributed by atoms with E-state index in [-0.39, 0.29) is 6.04 Å². The molecular formula is C10H18BrN3. The third-order valence-electron chi connectivity index (χ3n) is 2.21. The van der Waals surface area contributed by atoms with Crippen LogP contribution in [0.4, 0.5) is 0 Å². The summed E-state index contributed by atoms with van der Waals surface area (Å²) in [4.78, 5) is 0. The molecular weight excluding hydrogens is 242 g/mol. The van der Waals surface area contributed by atoms with Gasteiger partial charge in [0.05, 0.1) is 16.4 Å². The Morgan fingerprint density at radius 3 is 2.71 bits per heavy atom. The average molecular weight is 260 g/mol. The van der Waals surface area contributed by atoms with E-state index in [0.29, 0.717) is 5.92 Å². The molecule has 2 N–H and O–H groups in total. The van der Waals surface area contributed by atoms with Crippen LogP contribution in [0.3, 0.4) is 0 Å². The Hall–Kier alpha value is -0.350. The number of aromatic nitrogens is 2. The van der Waals surface area contributed by atoms with Crippen molar-refractivity contribution >= 4 is 15.9 Å². The van der Waals surface area contributed by atoms with Gasteiger partial charge in [0.2, 0.25) is 0 Å². The molecule has 1 unspecified atom stereocenters. The lowest BCUT2D eigenvalue weighted by Gasteiger charge is -2.16. The molecule has 0 spiro atoms. The Morgan fingerprint density at radius 2 is 2.21 bits per heavy atom. The van der Waals surface area contributed by atoms with Crippen molar-refractivity contribution in [2.45, 2.75) is 39.8 Å². The number of halogens is 1. The number of aryl methyl sites for hydroxylation is 1. The van der Waals surface area contributed by atoms with E-state index in [4.69, 9.17) is 5.73 Å². The number of rotatable bonds is 4. The molecule has 0 fully saturated rings. The van der Waals surface area contributed by atoms with Crippen LogP contribution in [0, 0.1) is 5.92 Å². The third kappa shape index (κ3) is 2.58. The summed E-state index contributed by atoms with van der Waals surface area (Å²) < 4.78 is 2.98. The van der Waals surface area contributed by atoms with Gasteiger partial charge in [-0.15, -0.1) is 0 Å². The first kappa shape index (κ1) is 11.7. The van der Waals surface area contributed by atoms with Crippen molar-refractivity contribution in [2.24, 2.45) is 11.7 Å². The van der Waals surface area contributed by atoms with Crippen molar-refractivity contribution in [3.63, 3.8) is 0 Å². The molecule has 1 aromatic rings. The summed E-state index contributed by atoms with van der Waals surface area (Å²) in [5, 5.41) is 4.25. The zero-order valence-electron chi connectivity index (χ0n) is 9.00. The van der Waals surface area contributed by atoms with Crippen LogP contribution in [0.25, 0.3) is 0 Å². The zero-order valence-corrected chi connectivity index (χ0v) is 10.6. The first-order valence-electron chi connectivity index (χ1n) is 5.03. The molecule has 1 aromatic heterocycles. The minimum atomic E-state index is 0.0758. The molecule has 0 radical (unpaired) electrons. The molecule has 0 aliphatic rings. The van der Waals surface area contributed by atoms with E-state index in [1.165, 1.54) is 0 Å². The van der Waals surface area contributed by atoms with Crippen molar-refractivity contribution in [3.05, 3.63) is 16.4 Å². The minimum absolute atomic E-state index is 0.0758. The minimum Gasteiger partial charge on any atom is -0.323 e. The number of nitrogens with zero attached hydrogens (tertiary/aromatic N) is 2. The van der Waals surface area contributed by atoms with E-state index in [2.05, 4.69) is 41.8 Å². The van der Waals surface area contributed by atoms with Crippen LogP contribution in [-0.2, 0) is 6.54 Å². The molecule has 0 amide bonds. The predicted molar refractivity (Wildman–Crippen MR) is 62.0 cm³/mol. The van der Waals surface area contributed by atoms with Gasteiger partial charge in [-0.1, -0.05) is 13.8 Å². The van der Waals surface area contributed by atoms with Gasteiger partial charge >= 0.3 is 0 Å². The van der Waals surface area contributed by atoms with Gasteiger partial charge in [-0.3, -0.25) is 4.68 Å². The molecule has 0 aliphatic heterocycles. The van der Waals surface area contributed by atoms with Gasteiger partial charge in [0.15, 0.2) is 0 Å². The molecule has 0 aromatic carbocycles. The summed E-state index contributed by atoms with van der Waals surface area (Å²) in [6.45, 7) is 7.30. The van der Waals surface area contributed by atoms with Crippen LogP contribution in [0.1, 0.15) is 38.9 Å². The number of hydrogen-bond acceptors (Lipinski definition) is 2. The highest BCUT2D eigenvalue weighted by Gasteiger charge is 2.16. The van der Waals surface area contributed by atoms with E-state index >= 15 is 0 Å². The fraction of sp³-hybridized carbons (Fsp3) is 0.700. The molecule has 3 nitrogen and oxygen atoms in total. The lowest BCUT2D eigenvalue weighted by molar-refractivity contribution is 0.473. The van der Waals surface area contributed by atoms with Crippen molar-refractivity contribution in [1.29, 1.82) is 0 Å². The standard InChI is InChI=1S/C10H18BrN3/c1-4-14-10(8(11)6-13-14)9(12)5-7(2)3/h6-7,9H,4-5,12H2,1-3H3. The summed E-state index contributed by atoms with van der Waals surface area (Å²) >= 11 is 3.49. The summed E-state index contributed by atoms with van der Waals surface area (Å²) in [6.07, 6.45) is 2.81. The molecule has 0 aliphatic carbocycles. The van der Waals surface area contributed by atoms with Crippen LogP contribution in [-0.4, -0.2) is 9.78 Å². The van der Waals surface area contributed by atoms with Gasteiger partial charge in [-0.25, -0.2) is 0 Å². The first-order chi connectivity index (χ1) is 6.56. The molecule has 0 saturated carbocycles. The second kappa shape index (κ2) is 4.94. The predicted octanol–water partition coefficient (Wildman–Crippen LogP) is 2.71. The maximum absolute atomic E-state index is 6.13. The van der Waals surface area contributed by atoms with Crippen molar-refractivity contribution < 1.29 is 0 Å². The maximum atomic E-state index is 6.13. The van der Waals surface area contributed by atoms with Crippen LogP contribution < -0.4 is 5.73 Å². The van der Waals surface area contributed by atoms with Gasteiger partial charge in [-0.05, 0) is 35.2 Å². The molecule has 1 heterocycles. The SMILES string of the molecule is CCn1ncc(Br)c1C(N)CC(C)C. The Labute approximate surface area is 93.8 Å². The second-order valence-corrected chi connectivity index (χ2v) is 4.78. The summed E-state index contributed by atoms with van der Waals surface area (Å²) in [6, 6.07) is 0.0758. The zero-order chi connectivity index (χ0) is 10.7. The van der Waals surface area contributed by atoms with E-state index in [9.17, 15) is 0 Å². The van der Waals surface area contributed by atoms with E-state index in [1.54, 1.807) is 0 Å². The molecule has 4 heteroatoms. The first-order valence-corrected chi connectivity index (χ1v) is 5.82. The van der Waals surface area contributed by atoms with Crippen LogP contribution in [0.2, 0.25) is 0 Å². The van der Waals surface area contributed by atoms with E-state index < -0.39 is 0 Å². The molecule has 0 bridgehead atoms. The van der Waals surface area contributed by atoms with Crippen molar-refractivity contribution in [1.82, 2.24) is 9.78 Å². The van der Waals surface area contributed by atoms with Crippen molar-refractivity contribution in [3.8, 4) is 0 Å². The fourth-order valence-corrected chi connectivity index (χ4v) is 2.20. The third-order valence-corrected chi connectivity index (χ3v) is 2.82. The van der Waals surface area contributed by atoms with E-state index in [0.717, 1.165) is 23.1 Å². The Balaban J connectivity index is 2.86. The number of nitrogens with two attached hydrogens (primary N) is 1. The summed E-state index contributed by atoms with van der Waals surface area (Å²) in [5.74, 6) is 0.608. The van der Waals surface area contributed by atoms with Crippen LogP contribution in [0.5, 0.6) is 0 Å². The summed E-state index contributed by atoms with van der Waals surface area (Å²) in [5.41, 5.74) is 7.24. The Bertz CT molecular complexity index is 294. The number of hydrogen-bond donors (Lipinski definition) is 1. The van der Waals surface area contributed by atoms with Gasteiger partial charge in [0, 0.05) is 12.6 Å². The molecule has 14 heavy (non-hydrogen) atoms. The lowest BCUT2D eigenvalue weighted by Crippen LogP contribution is -2.18. The molecule has 1 rings (SSSR count). The summed E-state index contributed by atoms with van der Waals surface area (Å²) in [7, 11) is 0.